The van der Waals surface area contributed by atoms with Crippen LogP contribution in [0.15, 0.2) is 70.0 Å². The van der Waals surface area contributed by atoms with Crippen molar-refractivity contribution < 1.29 is 18.7 Å². The molecule has 0 fully saturated rings. The highest BCUT2D eigenvalue weighted by Gasteiger charge is 2.12. The molecule has 1 aromatic carbocycles. The van der Waals surface area contributed by atoms with Gasteiger partial charge in [-0.15, -0.1) is 0 Å². The van der Waals surface area contributed by atoms with Gasteiger partial charge in [0.1, 0.15) is 5.76 Å². The molecule has 0 radical (unpaired) electrons. The first-order valence-corrected chi connectivity index (χ1v) is 8.26. The van der Waals surface area contributed by atoms with Crippen molar-refractivity contribution in [2.75, 3.05) is 7.11 Å². The second-order valence-electron chi connectivity index (χ2n) is 5.80. The predicted molar refractivity (Wildman–Crippen MR) is 97.5 cm³/mol. The van der Waals surface area contributed by atoms with Crippen molar-refractivity contribution in [3.8, 4) is 0 Å². The number of pyridine rings is 1. The highest BCUT2D eigenvalue weighted by atomic mass is 16.5. The molecule has 3 rings (SSSR count). The SMILES string of the molecule is COC(=O)c1ccc(CNC(=O)c2ccc(Cn3ccccc3=O)o2)cc1. The highest BCUT2D eigenvalue weighted by molar-refractivity contribution is 5.91. The van der Waals surface area contributed by atoms with E-state index in [-0.39, 0.29) is 30.3 Å². The normalized spacial score (nSPS) is 10.4. The summed E-state index contributed by atoms with van der Waals surface area (Å²) in [5.74, 6) is -0.0963. The number of hydrogen-bond acceptors (Lipinski definition) is 5. The van der Waals surface area contributed by atoms with Gasteiger partial charge in [0.25, 0.3) is 11.5 Å². The van der Waals surface area contributed by atoms with Crippen LogP contribution in [-0.4, -0.2) is 23.6 Å². The Balaban J connectivity index is 1.59. The number of furan rings is 1. The summed E-state index contributed by atoms with van der Waals surface area (Å²) >= 11 is 0. The average molecular weight is 366 g/mol. The quantitative estimate of drug-likeness (QED) is 0.676. The zero-order valence-corrected chi connectivity index (χ0v) is 14.7. The Bertz CT molecular complexity index is 1000. The number of aromatic nitrogens is 1. The van der Waals surface area contributed by atoms with Crippen molar-refractivity contribution in [3.05, 3.63) is 93.8 Å². The van der Waals surface area contributed by atoms with Gasteiger partial charge in [-0.25, -0.2) is 4.79 Å². The smallest absolute Gasteiger partial charge is 0.337 e. The van der Waals surface area contributed by atoms with E-state index in [9.17, 15) is 14.4 Å². The summed E-state index contributed by atoms with van der Waals surface area (Å²) in [5, 5.41) is 2.75. The molecule has 0 saturated heterocycles. The standard InChI is InChI=1S/C20H18N2O5/c1-26-20(25)15-7-5-14(6-8-15)12-21-19(24)17-10-9-16(27-17)13-22-11-3-2-4-18(22)23/h2-11H,12-13H2,1H3,(H,21,24). The molecule has 0 aliphatic rings. The number of benzene rings is 1. The van der Waals surface area contributed by atoms with Crippen molar-refractivity contribution in [2.45, 2.75) is 13.1 Å². The first-order valence-electron chi connectivity index (χ1n) is 8.26. The third kappa shape index (κ3) is 4.52. The number of nitrogens with zero attached hydrogens (tertiary/aromatic N) is 1. The molecular formula is C20H18N2O5. The maximum atomic E-state index is 12.2. The van der Waals surface area contributed by atoms with E-state index in [0.717, 1.165) is 5.56 Å². The van der Waals surface area contributed by atoms with Crippen LogP contribution in [0, 0.1) is 0 Å². The fourth-order valence-electron chi connectivity index (χ4n) is 2.49. The van der Waals surface area contributed by atoms with Crippen LogP contribution in [0.5, 0.6) is 0 Å². The number of amides is 1. The van der Waals surface area contributed by atoms with Crippen molar-refractivity contribution in [1.82, 2.24) is 9.88 Å². The van der Waals surface area contributed by atoms with Crippen LogP contribution in [0.1, 0.15) is 32.2 Å². The van der Waals surface area contributed by atoms with Crippen LogP contribution in [0.25, 0.3) is 0 Å². The molecule has 0 unspecified atom stereocenters. The molecule has 2 aromatic heterocycles. The molecule has 0 spiro atoms. The molecular weight excluding hydrogens is 348 g/mol. The molecule has 0 aliphatic heterocycles. The highest BCUT2D eigenvalue weighted by Crippen LogP contribution is 2.10. The Morgan fingerprint density at radius 1 is 1.07 bits per heavy atom. The molecule has 0 saturated carbocycles. The van der Waals surface area contributed by atoms with E-state index in [2.05, 4.69) is 10.1 Å². The van der Waals surface area contributed by atoms with Crippen LogP contribution in [-0.2, 0) is 17.8 Å². The minimum atomic E-state index is -0.411. The minimum absolute atomic E-state index is 0.143. The number of carbonyl (C=O) groups excluding carboxylic acids is 2. The predicted octanol–water partition coefficient (Wildman–Crippen LogP) is 2.21. The molecule has 1 amide bonds. The van der Waals surface area contributed by atoms with Crippen LogP contribution >= 0.6 is 0 Å². The molecule has 7 heteroatoms. The Hall–Kier alpha value is -3.61. The van der Waals surface area contributed by atoms with Gasteiger partial charge >= 0.3 is 5.97 Å². The monoisotopic (exact) mass is 366 g/mol. The van der Waals surface area contributed by atoms with E-state index in [1.807, 2.05) is 0 Å². The topological polar surface area (TPSA) is 90.5 Å². The number of rotatable bonds is 6. The van der Waals surface area contributed by atoms with E-state index in [1.54, 1.807) is 54.7 Å². The van der Waals surface area contributed by atoms with Crippen molar-refractivity contribution in [2.24, 2.45) is 0 Å². The lowest BCUT2D eigenvalue weighted by Gasteiger charge is -2.05. The van der Waals surface area contributed by atoms with Gasteiger partial charge in [0.05, 0.1) is 19.2 Å². The number of carbonyl (C=O) groups is 2. The molecule has 2 heterocycles. The molecule has 0 aliphatic carbocycles. The maximum Gasteiger partial charge on any atom is 0.337 e. The molecule has 138 valence electrons. The lowest BCUT2D eigenvalue weighted by molar-refractivity contribution is 0.0600. The molecule has 0 bridgehead atoms. The molecule has 0 atom stereocenters. The maximum absolute atomic E-state index is 12.2. The molecule has 3 aromatic rings. The summed E-state index contributed by atoms with van der Waals surface area (Å²) < 4.78 is 11.7. The summed E-state index contributed by atoms with van der Waals surface area (Å²) in [5.41, 5.74) is 1.13. The van der Waals surface area contributed by atoms with Crippen molar-refractivity contribution >= 4 is 11.9 Å². The van der Waals surface area contributed by atoms with Gasteiger partial charge in [0.2, 0.25) is 0 Å². The zero-order chi connectivity index (χ0) is 19.2. The van der Waals surface area contributed by atoms with Crippen molar-refractivity contribution in [1.29, 1.82) is 0 Å². The number of methoxy groups -OCH3 is 1. The van der Waals surface area contributed by atoms with E-state index in [4.69, 9.17) is 4.42 Å². The summed E-state index contributed by atoms with van der Waals surface area (Å²) in [7, 11) is 1.32. The number of hydrogen-bond donors (Lipinski definition) is 1. The molecule has 1 N–H and O–H groups in total. The van der Waals surface area contributed by atoms with Crippen molar-refractivity contribution in [3.63, 3.8) is 0 Å². The third-order valence-corrected chi connectivity index (χ3v) is 3.94. The number of nitrogens with one attached hydrogen (secondary N) is 1. The van der Waals surface area contributed by atoms with E-state index < -0.39 is 5.97 Å². The van der Waals surface area contributed by atoms with Gasteiger partial charge in [-0.1, -0.05) is 18.2 Å². The fourth-order valence-corrected chi connectivity index (χ4v) is 2.49. The fraction of sp³-hybridized carbons (Fsp3) is 0.150. The van der Waals surface area contributed by atoms with Gasteiger partial charge in [-0.3, -0.25) is 9.59 Å². The van der Waals surface area contributed by atoms with E-state index >= 15 is 0 Å². The van der Waals surface area contributed by atoms with Gasteiger partial charge in [-0.05, 0) is 35.9 Å². The minimum Gasteiger partial charge on any atom is -0.465 e. The Morgan fingerprint density at radius 3 is 2.56 bits per heavy atom. The summed E-state index contributed by atoms with van der Waals surface area (Å²) in [6.07, 6.45) is 1.66. The van der Waals surface area contributed by atoms with Crippen LogP contribution in [0.3, 0.4) is 0 Å². The molecule has 7 nitrogen and oxygen atoms in total. The summed E-state index contributed by atoms with van der Waals surface area (Å²) in [4.78, 5) is 35.4. The zero-order valence-electron chi connectivity index (χ0n) is 14.7. The van der Waals surface area contributed by atoms with Crippen LogP contribution in [0.2, 0.25) is 0 Å². The van der Waals surface area contributed by atoms with Crippen LogP contribution < -0.4 is 10.9 Å². The van der Waals surface area contributed by atoms with Gasteiger partial charge < -0.3 is 19.0 Å². The largest absolute Gasteiger partial charge is 0.465 e. The van der Waals surface area contributed by atoms with Gasteiger partial charge in [-0.2, -0.15) is 0 Å². The second-order valence-corrected chi connectivity index (χ2v) is 5.80. The van der Waals surface area contributed by atoms with Gasteiger partial charge in [0, 0.05) is 18.8 Å². The first kappa shape index (κ1) is 18.2. The Labute approximate surface area is 155 Å². The van der Waals surface area contributed by atoms with Gasteiger partial charge in [0.15, 0.2) is 5.76 Å². The average Bonchev–Trinajstić information content (AvgIpc) is 3.16. The second kappa shape index (κ2) is 8.18. The Kier molecular flexibility index (Phi) is 5.51. The van der Waals surface area contributed by atoms with E-state index in [0.29, 0.717) is 11.3 Å². The lowest BCUT2D eigenvalue weighted by Crippen LogP contribution is -2.22. The Morgan fingerprint density at radius 2 is 1.85 bits per heavy atom. The van der Waals surface area contributed by atoms with E-state index in [1.165, 1.54) is 17.7 Å². The lowest BCUT2D eigenvalue weighted by atomic mass is 10.1. The summed E-state index contributed by atoms with van der Waals surface area (Å²) in [6.45, 7) is 0.538. The number of esters is 1. The first-order chi connectivity index (χ1) is 13.1. The number of ether oxygens (including phenoxy) is 1. The van der Waals surface area contributed by atoms with Crippen LogP contribution in [0.4, 0.5) is 0 Å². The molecule has 27 heavy (non-hydrogen) atoms. The summed E-state index contributed by atoms with van der Waals surface area (Å²) in [6, 6.07) is 14.9. The third-order valence-electron chi connectivity index (χ3n) is 3.94.